The Morgan fingerprint density at radius 1 is 0.960 bits per heavy atom. The van der Waals surface area contributed by atoms with E-state index in [1.807, 2.05) is 12.1 Å². The average Bonchev–Trinajstić information content (AvgIpc) is 2.56. The molecular formula is C20H30Cl2N2O. The van der Waals surface area contributed by atoms with E-state index in [0.717, 1.165) is 37.5 Å². The molecule has 3 nitrogen and oxygen atoms in total. The Kier molecular flexibility index (Phi) is 9.01. The normalized spacial score (nSPS) is 16.3. The van der Waals surface area contributed by atoms with Crippen LogP contribution in [0.2, 0.25) is 0 Å². The number of rotatable bonds is 5. The number of nitrogens with one attached hydrogen (secondary N) is 1. The van der Waals surface area contributed by atoms with Crippen molar-refractivity contribution in [2.75, 3.05) is 26.2 Å². The minimum absolute atomic E-state index is 0. The van der Waals surface area contributed by atoms with Crippen LogP contribution in [0.1, 0.15) is 38.3 Å². The summed E-state index contributed by atoms with van der Waals surface area (Å²) in [7, 11) is 0. The Bertz CT molecular complexity index is 657. The molecule has 0 spiro atoms. The van der Waals surface area contributed by atoms with Crippen molar-refractivity contribution in [2.45, 2.75) is 32.7 Å². The Labute approximate surface area is 163 Å². The predicted molar refractivity (Wildman–Crippen MR) is 111 cm³/mol. The van der Waals surface area contributed by atoms with Gasteiger partial charge in [0.25, 0.3) is 0 Å². The Morgan fingerprint density at radius 3 is 2.28 bits per heavy atom. The van der Waals surface area contributed by atoms with E-state index >= 15 is 0 Å². The van der Waals surface area contributed by atoms with E-state index in [9.17, 15) is 5.11 Å². The highest BCUT2D eigenvalue weighted by Crippen LogP contribution is 2.31. The highest BCUT2D eigenvalue weighted by Gasteiger charge is 2.22. The van der Waals surface area contributed by atoms with Crippen LogP contribution in [0.15, 0.2) is 36.4 Å². The molecule has 1 heterocycles. The van der Waals surface area contributed by atoms with Gasteiger partial charge in [0, 0.05) is 32.2 Å². The molecule has 0 aromatic heterocycles. The number of benzene rings is 2. The van der Waals surface area contributed by atoms with Gasteiger partial charge in [-0.15, -0.1) is 24.8 Å². The van der Waals surface area contributed by atoms with Crippen molar-refractivity contribution in [2.24, 2.45) is 5.92 Å². The summed E-state index contributed by atoms with van der Waals surface area (Å²) < 4.78 is 0. The van der Waals surface area contributed by atoms with Gasteiger partial charge in [-0.05, 0) is 53.3 Å². The largest absolute Gasteiger partial charge is 0.508 e. The number of phenolic OH excluding ortho intramolecular Hbond substituents is 1. The smallest absolute Gasteiger partial charge is 0.116 e. The monoisotopic (exact) mass is 384 g/mol. The molecule has 1 aliphatic heterocycles. The summed E-state index contributed by atoms with van der Waals surface area (Å²) in [5.74, 6) is 1.07. The third-order valence-corrected chi connectivity index (χ3v) is 4.84. The number of piperazine rings is 1. The van der Waals surface area contributed by atoms with Crippen LogP contribution in [0.3, 0.4) is 0 Å². The van der Waals surface area contributed by atoms with Crippen LogP contribution in [0.5, 0.6) is 5.75 Å². The molecule has 2 aromatic carbocycles. The molecular weight excluding hydrogens is 355 g/mol. The molecule has 0 amide bonds. The Hall–Kier alpha value is -1.000. The molecule has 2 N–H and O–H groups in total. The van der Waals surface area contributed by atoms with Crippen LogP contribution in [-0.2, 0) is 0 Å². The molecule has 2 aromatic rings. The van der Waals surface area contributed by atoms with E-state index < -0.39 is 0 Å². The van der Waals surface area contributed by atoms with E-state index in [2.05, 4.69) is 42.3 Å². The summed E-state index contributed by atoms with van der Waals surface area (Å²) in [6, 6.07) is 12.8. The number of halogens is 2. The van der Waals surface area contributed by atoms with Crippen LogP contribution in [0, 0.1) is 5.92 Å². The molecule has 0 bridgehead atoms. The van der Waals surface area contributed by atoms with Crippen molar-refractivity contribution in [3.8, 4) is 5.75 Å². The molecule has 0 aliphatic carbocycles. The Morgan fingerprint density at radius 2 is 1.60 bits per heavy atom. The van der Waals surface area contributed by atoms with Crippen molar-refractivity contribution in [1.29, 1.82) is 0 Å². The molecule has 1 atom stereocenters. The van der Waals surface area contributed by atoms with E-state index in [1.54, 1.807) is 6.07 Å². The highest BCUT2D eigenvalue weighted by atomic mass is 35.5. The predicted octanol–water partition coefficient (Wildman–Crippen LogP) is 4.77. The van der Waals surface area contributed by atoms with Gasteiger partial charge in [-0.2, -0.15) is 0 Å². The van der Waals surface area contributed by atoms with E-state index in [1.165, 1.54) is 23.8 Å². The first-order valence-corrected chi connectivity index (χ1v) is 8.81. The average molecular weight is 385 g/mol. The van der Waals surface area contributed by atoms with Gasteiger partial charge in [0.05, 0.1) is 0 Å². The van der Waals surface area contributed by atoms with Gasteiger partial charge in [-0.3, -0.25) is 4.90 Å². The fraction of sp³-hybridized carbons (Fsp3) is 0.500. The minimum atomic E-state index is 0. The maximum Gasteiger partial charge on any atom is 0.116 e. The second kappa shape index (κ2) is 10.2. The zero-order valence-electron chi connectivity index (χ0n) is 15.1. The molecule has 3 rings (SSSR count). The molecule has 0 unspecified atom stereocenters. The summed E-state index contributed by atoms with van der Waals surface area (Å²) >= 11 is 0. The van der Waals surface area contributed by atoms with E-state index in [0.29, 0.717) is 11.8 Å². The zero-order chi connectivity index (χ0) is 16.2. The second-order valence-corrected chi connectivity index (χ2v) is 7.06. The lowest BCUT2D eigenvalue weighted by Gasteiger charge is -2.36. The number of phenols is 1. The van der Waals surface area contributed by atoms with Crippen molar-refractivity contribution in [1.82, 2.24) is 10.2 Å². The quantitative estimate of drug-likeness (QED) is 0.778. The summed E-state index contributed by atoms with van der Waals surface area (Å²) in [5.41, 5.74) is 1.41. The molecule has 25 heavy (non-hydrogen) atoms. The van der Waals surface area contributed by atoms with Gasteiger partial charge in [0.15, 0.2) is 0 Å². The summed E-state index contributed by atoms with van der Waals surface area (Å²) in [6.45, 7) is 9.02. The van der Waals surface area contributed by atoms with Gasteiger partial charge < -0.3 is 10.4 Å². The van der Waals surface area contributed by atoms with Gasteiger partial charge in [-0.25, -0.2) is 0 Å². The summed E-state index contributed by atoms with van der Waals surface area (Å²) in [4.78, 5) is 2.63. The molecule has 0 saturated carbocycles. The molecule has 140 valence electrons. The SMILES string of the molecule is CC(C)CC[C@H](c1ccc2cc(O)ccc2c1)N1CCNCC1.Cl.Cl. The molecule has 1 aliphatic rings. The van der Waals surface area contributed by atoms with Gasteiger partial charge >= 0.3 is 0 Å². The van der Waals surface area contributed by atoms with Crippen LogP contribution >= 0.6 is 24.8 Å². The van der Waals surface area contributed by atoms with E-state index in [-0.39, 0.29) is 24.8 Å². The van der Waals surface area contributed by atoms with Crippen LogP contribution in [0.25, 0.3) is 10.8 Å². The summed E-state index contributed by atoms with van der Waals surface area (Å²) in [5, 5.41) is 15.4. The van der Waals surface area contributed by atoms with Gasteiger partial charge in [0.2, 0.25) is 0 Å². The molecule has 1 fully saturated rings. The molecule has 0 radical (unpaired) electrons. The first-order valence-electron chi connectivity index (χ1n) is 8.81. The van der Waals surface area contributed by atoms with Crippen LogP contribution in [-0.4, -0.2) is 36.2 Å². The lowest BCUT2D eigenvalue weighted by atomic mass is 9.94. The standard InChI is InChI=1S/C20H28N2O.2ClH/c1-15(2)3-8-20(22-11-9-21-10-12-22)18-5-4-17-14-19(23)7-6-16(17)13-18;;/h4-7,13-15,20-21,23H,3,8-12H2,1-2H3;2*1H/t20-;;/m1../s1. The fourth-order valence-corrected chi connectivity index (χ4v) is 3.50. The van der Waals surface area contributed by atoms with Gasteiger partial charge in [0.1, 0.15) is 5.75 Å². The van der Waals surface area contributed by atoms with Crippen LogP contribution in [0.4, 0.5) is 0 Å². The van der Waals surface area contributed by atoms with Crippen molar-refractivity contribution in [3.63, 3.8) is 0 Å². The third-order valence-electron chi connectivity index (χ3n) is 4.84. The molecule has 5 heteroatoms. The maximum atomic E-state index is 9.64. The topological polar surface area (TPSA) is 35.5 Å². The number of hydrogen-bond donors (Lipinski definition) is 2. The number of hydrogen-bond acceptors (Lipinski definition) is 3. The van der Waals surface area contributed by atoms with Crippen molar-refractivity contribution >= 4 is 35.6 Å². The lowest BCUT2D eigenvalue weighted by molar-refractivity contribution is 0.160. The first kappa shape index (κ1) is 22.0. The van der Waals surface area contributed by atoms with Crippen molar-refractivity contribution in [3.05, 3.63) is 42.0 Å². The maximum absolute atomic E-state index is 9.64. The Balaban J connectivity index is 0.00000156. The highest BCUT2D eigenvalue weighted by molar-refractivity contribution is 5.86. The fourth-order valence-electron chi connectivity index (χ4n) is 3.50. The number of nitrogens with zero attached hydrogens (tertiary/aromatic N) is 1. The molecule has 1 saturated heterocycles. The number of fused-ring (bicyclic) bond motifs is 1. The van der Waals surface area contributed by atoms with Crippen LogP contribution < -0.4 is 5.32 Å². The van der Waals surface area contributed by atoms with Crippen molar-refractivity contribution < 1.29 is 5.11 Å². The first-order chi connectivity index (χ1) is 11.1. The second-order valence-electron chi connectivity index (χ2n) is 7.06. The lowest BCUT2D eigenvalue weighted by Crippen LogP contribution is -2.45. The third kappa shape index (κ3) is 5.75. The van der Waals surface area contributed by atoms with Gasteiger partial charge in [-0.1, -0.05) is 32.0 Å². The van der Waals surface area contributed by atoms with E-state index in [4.69, 9.17) is 0 Å². The zero-order valence-corrected chi connectivity index (χ0v) is 16.7. The summed E-state index contributed by atoms with van der Waals surface area (Å²) in [6.07, 6.45) is 2.46. The minimum Gasteiger partial charge on any atom is -0.508 e. The number of aromatic hydroxyl groups is 1.